The van der Waals surface area contributed by atoms with E-state index < -0.39 is 9.84 Å². The van der Waals surface area contributed by atoms with Crippen LogP contribution in [-0.4, -0.2) is 39.2 Å². The van der Waals surface area contributed by atoms with E-state index in [-0.39, 0.29) is 22.9 Å². The van der Waals surface area contributed by atoms with Gasteiger partial charge in [-0.2, -0.15) is 0 Å². The fraction of sp³-hybridized carbons (Fsp3) is 0.258. The highest BCUT2D eigenvalue weighted by Gasteiger charge is 2.40. The van der Waals surface area contributed by atoms with Gasteiger partial charge < -0.3 is 9.64 Å². The molecule has 190 valence electrons. The summed E-state index contributed by atoms with van der Waals surface area (Å²) in [4.78, 5) is 16.7. The average molecular weight is 514 g/mol. The number of rotatable bonds is 5. The highest BCUT2D eigenvalue weighted by atomic mass is 32.2. The Morgan fingerprint density at radius 3 is 2.24 bits per heavy atom. The Balaban J connectivity index is 1.74. The lowest BCUT2D eigenvalue weighted by Gasteiger charge is -2.43. The van der Waals surface area contributed by atoms with Crippen LogP contribution in [0.1, 0.15) is 50.3 Å². The van der Waals surface area contributed by atoms with Crippen molar-refractivity contribution < 1.29 is 17.9 Å². The van der Waals surface area contributed by atoms with Crippen molar-refractivity contribution in [3.8, 4) is 11.1 Å². The molecule has 5 rings (SSSR count). The first kappa shape index (κ1) is 25.2. The quantitative estimate of drug-likeness (QED) is 0.331. The fourth-order valence-corrected chi connectivity index (χ4v) is 6.63. The Kier molecular flexibility index (Phi) is 6.65. The van der Waals surface area contributed by atoms with E-state index in [1.165, 1.54) is 11.8 Å². The maximum Gasteiger partial charge on any atom is 0.255 e. The maximum absolute atomic E-state index is 14.6. The number of amides is 1. The largest absolute Gasteiger partial charge is 0.382 e. The lowest BCUT2D eigenvalue weighted by Crippen LogP contribution is -2.44. The van der Waals surface area contributed by atoms with Crippen LogP contribution in [0.5, 0.6) is 0 Å². The number of nitrogens with zero attached hydrogens (tertiary/aromatic N) is 1. The molecule has 0 aromatic heterocycles. The van der Waals surface area contributed by atoms with Gasteiger partial charge in [-0.3, -0.25) is 4.79 Å². The van der Waals surface area contributed by atoms with E-state index >= 15 is 0 Å². The Bertz CT molecular complexity index is 1540. The van der Waals surface area contributed by atoms with E-state index in [0.717, 1.165) is 22.3 Å². The zero-order chi connectivity index (χ0) is 26.3. The third-order valence-electron chi connectivity index (χ3n) is 7.19. The SMILES string of the molecule is COCC1c2ccccc2C[C@@H](c2cc(C)cc(C)c2)N1C(=O)c1cc(S(C)(=O)=O)c2cccccc1-2. The molecule has 3 aliphatic rings. The summed E-state index contributed by atoms with van der Waals surface area (Å²) in [7, 11) is -1.90. The van der Waals surface area contributed by atoms with Crippen molar-refractivity contribution in [3.05, 3.63) is 112 Å². The van der Waals surface area contributed by atoms with Gasteiger partial charge in [-0.15, -0.1) is 0 Å². The number of sulfone groups is 1. The number of fused-ring (bicyclic) bond motifs is 2. The zero-order valence-corrected chi connectivity index (χ0v) is 22.4. The Morgan fingerprint density at radius 2 is 1.57 bits per heavy atom. The summed E-state index contributed by atoms with van der Waals surface area (Å²) in [6.07, 6.45) is 1.85. The summed E-state index contributed by atoms with van der Waals surface area (Å²) >= 11 is 0. The average Bonchev–Trinajstić information content (AvgIpc) is 3.05. The Labute approximate surface area is 219 Å². The molecule has 1 amide bonds. The van der Waals surface area contributed by atoms with Crippen molar-refractivity contribution in [1.82, 2.24) is 4.90 Å². The molecule has 0 spiro atoms. The lowest BCUT2D eigenvalue weighted by molar-refractivity contribution is 0.0336. The number of carbonyl (C=O) groups excluding carboxylic acids is 1. The number of carbonyl (C=O) groups is 1. The van der Waals surface area contributed by atoms with E-state index in [1.807, 2.05) is 35.2 Å². The van der Waals surface area contributed by atoms with E-state index in [2.05, 4.69) is 44.2 Å². The predicted octanol–water partition coefficient (Wildman–Crippen LogP) is 5.94. The molecule has 5 nitrogen and oxygen atoms in total. The van der Waals surface area contributed by atoms with E-state index in [4.69, 9.17) is 4.74 Å². The van der Waals surface area contributed by atoms with Gasteiger partial charge in [-0.25, -0.2) is 8.42 Å². The number of benzene rings is 2. The molecule has 0 saturated carbocycles. The number of hydrogen-bond acceptors (Lipinski definition) is 4. The second-order valence-corrected chi connectivity index (χ2v) is 11.9. The standard InChI is InChI=1S/C31H31NO4S/c1-20-14-21(2)16-23(15-20)28-17-22-10-8-9-11-24(22)29(19-36-3)32(28)31(33)27-18-30(37(4,34)35)26-13-7-5-6-12-25(26)27/h5-16,18,28-29H,17,19H2,1-4H3/t28-,29?/m0/s1. The molecule has 1 heterocycles. The molecule has 0 bridgehead atoms. The third kappa shape index (κ3) is 4.67. The molecule has 37 heavy (non-hydrogen) atoms. The molecular formula is C31H31NO4S. The van der Waals surface area contributed by atoms with Crippen molar-refractivity contribution in [3.63, 3.8) is 0 Å². The van der Waals surface area contributed by atoms with Gasteiger partial charge >= 0.3 is 0 Å². The predicted molar refractivity (Wildman–Crippen MR) is 146 cm³/mol. The van der Waals surface area contributed by atoms with Gasteiger partial charge in [0, 0.05) is 24.5 Å². The Hall–Kier alpha value is -3.48. The molecule has 2 aromatic rings. The topological polar surface area (TPSA) is 63.7 Å². The molecule has 0 N–H and O–H groups in total. The first-order valence-corrected chi connectivity index (χ1v) is 14.3. The van der Waals surface area contributed by atoms with Crippen LogP contribution in [0.2, 0.25) is 0 Å². The summed E-state index contributed by atoms with van der Waals surface area (Å²) in [6, 6.07) is 24.7. The van der Waals surface area contributed by atoms with Gasteiger partial charge in [0.25, 0.3) is 5.91 Å². The van der Waals surface area contributed by atoms with E-state index in [1.54, 1.807) is 25.3 Å². The lowest BCUT2D eigenvalue weighted by atomic mass is 9.84. The van der Waals surface area contributed by atoms with Crippen LogP contribution in [0.15, 0.2) is 83.8 Å². The number of aryl methyl sites for hydroxylation is 2. The van der Waals surface area contributed by atoms with Crippen LogP contribution in [0.3, 0.4) is 0 Å². The minimum Gasteiger partial charge on any atom is -0.382 e. The maximum atomic E-state index is 14.6. The normalized spacial score (nSPS) is 17.6. The van der Waals surface area contributed by atoms with Crippen LogP contribution in [0.25, 0.3) is 11.1 Å². The molecule has 2 atom stereocenters. The molecule has 0 fully saturated rings. The highest BCUT2D eigenvalue weighted by molar-refractivity contribution is 7.90. The summed E-state index contributed by atoms with van der Waals surface area (Å²) in [6.45, 7) is 4.46. The van der Waals surface area contributed by atoms with Gasteiger partial charge in [-0.05, 0) is 48.6 Å². The zero-order valence-electron chi connectivity index (χ0n) is 21.6. The second-order valence-electron chi connectivity index (χ2n) is 9.96. The molecule has 6 heteroatoms. The van der Waals surface area contributed by atoms with Crippen molar-refractivity contribution in [2.24, 2.45) is 0 Å². The molecule has 1 aliphatic heterocycles. The van der Waals surface area contributed by atoms with Crippen LogP contribution < -0.4 is 0 Å². The monoisotopic (exact) mass is 513 g/mol. The van der Waals surface area contributed by atoms with Gasteiger partial charge in [0.05, 0.1) is 23.6 Å². The summed E-state index contributed by atoms with van der Waals surface area (Å²) in [5, 5.41) is 0. The van der Waals surface area contributed by atoms with Crippen LogP contribution in [0, 0.1) is 13.8 Å². The number of hydrogen-bond donors (Lipinski definition) is 0. The van der Waals surface area contributed by atoms with Gasteiger partial charge in [0.1, 0.15) is 0 Å². The first-order chi connectivity index (χ1) is 17.7. The van der Waals surface area contributed by atoms with Gasteiger partial charge in [0.2, 0.25) is 0 Å². The minimum absolute atomic E-state index is 0.172. The first-order valence-electron chi connectivity index (χ1n) is 12.4. The highest BCUT2D eigenvalue weighted by Crippen LogP contribution is 2.44. The van der Waals surface area contributed by atoms with Crippen LogP contribution in [0.4, 0.5) is 0 Å². The summed E-state index contributed by atoms with van der Waals surface area (Å²) < 4.78 is 31.1. The van der Waals surface area contributed by atoms with Gasteiger partial charge in [-0.1, -0.05) is 83.9 Å². The fourth-order valence-electron chi connectivity index (χ4n) is 5.72. The van der Waals surface area contributed by atoms with Crippen molar-refractivity contribution in [2.45, 2.75) is 37.2 Å². The smallest absolute Gasteiger partial charge is 0.255 e. The minimum atomic E-state index is -3.55. The molecule has 1 unspecified atom stereocenters. The third-order valence-corrected chi connectivity index (χ3v) is 8.32. The summed E-state index contributed by atoms with van der Waals surface area (Å²) in [5.74, 6) is -0.202. The molecular weight excluding hydrogens is 482 g/mol. The van der Waals surface area contributed by atoms with Gasteiger partial charge in [0.15, 0.2) is 9.84 Å². The number of ether oxygens (including phenoxy) is 1. The molecule has 2 aromatic carbocycles. The van der Waals surface area contributed by atoms with Crippen molar-refractivity contribution in [2.75, 3.05) is 20.0 Å². The molecule has 0 radical (unpaired) electrons. The van der Waals surface area contributed by atoms with E-state index in [0.29, 0.717) is 29.7 Å². The Morgan fingerprint density at radius 1 is 0.919 bits per heavy atom. The number of methoxy groups -OCH3 is 1. The van der Waals surface area contributed by atoms with E-state index in [9.17, 15) is 13.2 Å². The van der Waals surface area contributed by atoms with Crippen LogP contribution >= 0.6 is 0 Å². The second kappa shape index (κ2) is 9.77. The molecule has 0 saturated heterocycles. The van der Waals surface area contributed by atoms with Crippen molar-refractivity contribution >= 4 is 15.7 Å². The van der Waals surface area contributed by atoms with Crippen molar-refractivity contribution in [1.29, 1.82) is 0 Å². The van der Waals surface area contributed by atoms with Crippen LogP contribution in [-0.2, 0) is 21.0 Å². The summed E-state index contributed by atoms with van der Waals surface area (Å²) in [5.41, 5.74) is 7.15. The molecule has 2 aliphatic carbocycles.